The van der Waals surface area contributed by atoms with E-state index in [9.17, 15) is 4.39 Å². The molecule has 0 radical (unpaired) electrons. The SMILES string of the molecule is CCC(NC1CCc2cc(F)ccc21)c1ccccc1. The van der Waals surface area contributed by atoms with Crippen molar-refractivity contribution in [2.75, 3.05) is 0 Å². The molecule has 1 aliphatic carbocycles. The van der Waals surface area contributed by atoms with Crippen LogP contribution in [0.2, 0.25) is 0 Å². The van der Waals surface area contributed by atoms with Crippen molar-refractivity contribution >= 4 is 0 Å². The fourth-order valence-electron chi connectivity index (χ4n) is 3.14. The summed E-state index contributed by atoms with van der Waals surface area (Å²) in [6.45, 7) is 2.20. The maximum absolute atomic E-state index is 13.3. The minimum atomic E-state index is -0.125. The lowest BCUT2D eigenvalue weighted by Gasteiger charge is -2.23. The van der Waals surface area contributed by atoms with E-state index >= 15 is 0 Å². The highest BCUT2D eigenvalue weighted by atomic mass is 19.1. The molecule has 0 fully saturated rings. The van der Waals surface area contributed by atoms with E-state index in [1.54, 1.807) is 12.1 Å². The Morgan fingerprint density at radius 1 is 1.20 bits per heavy atom. The van der Waals surface area contributed by atoms with Crippen LogP contribution in [0.25, 0.3) is 0 Å². The van der Waals surface area contributed by atoms with Crippen LogP contribution in [0.1, 0.15) is 48.5 Å². The average Bonchev–Trinajstić information content (AvgIpc) is 2.87. The molecule has 1 nitrogen and oxygen atoms in total. The summed E-state index contributed by atoms with van der Waals surface area (Å²) in [5.41, 5.74) is 3.75. The van der Waals surface area contributed by atoms with E-state index in [0.717, 1.165) is 24.8 Å². The predicted molar refractivity (Wildman–Crippen MR) is 80.1 cm³/mol. The minimum Gasteiger partial charge on any atom is -0.303 e. The molecular formula is C18H20FN. The molecule has 2 atom stereocenters. The number of fused-ring (bicyclic) bond motifs is 1. The van der Waals surface area contributed by atoms with Crippen LogP contribution < -0.4 is 5.32 Å². The lowest BCUT2D eigenvalue weighted by molar-refractivity contribution is 0.433. The fraction of sp³-hybridized carbons (Fsp3) is 0.333. The maximum Gasteiger partial charge on any atom is 0.123 e. The van der Waals surface area contributed by atoms with Gasteiger partial charge in [0.1, 0.15) is 5.82 Å². The largest absolute Gasteiger partial charge is 0.303 e. The summed E-state index contributed by atoms with van der Waals surface area (Å²) in [5, 5.41) is 3.74. The molecule has 2 aromatic carbocycles. The van der Waals surface area contributed by atoms with Crippen molar-refractivity contribution < 1.29 is 4.39 Å². The van der Waals surface area contributed by atoms with E-state index in [1.807, 2.05) is 12.1 Å². The maximum atomic E-state index is 13.3. The predicted octanol–water partition coefficient (Wildman–Crippen LogP) is 4.55. The van der Waals surface area contributed by atoms with E-state index in [0.29, 0.717) is 12.1 Å². The van der Waals surface area contributed by atoms with E-state index < -0.39 is 0 Å². The molecule has 0 aromatic heterocycles. The van der Waals surface area contributed by atoms with Gasteiger partial charge >= 0.3 is 0 Å². The number of hydrogen-bond acceptors (Lipinski definition) is 1. The molecule has 2 aromatic rings. The molecule has 0 heterocycles. The normalized spacial score (nSPS) is 18.8. The van der Waals surface area contributed by atoms with Crippen molar-refractivity contribution in [3.8, 4) is 0 Å². The van der Waals surface area contributed by atoms with E-state index in [1.165, 1.54) is 11.1 Å². The molecule has 0 saturated carbocycles. The summed E-state index contributed by atoms with van der Waals surface area (Å²) in [4.78, 5) is 0. The highest BCUT2D eigenvalue weighted by Gasteiger charge is 2.24. The zero-order chi connectivity index (χ0) is 13.9. The summed E-state index contributed by atoms with van der Waals surface area (Å²) >= 11 is 0. The zero-order valence-electron chi connectivity index (χ0n) is 11.8. The Balaban J connectivity index is 1.79. The number of rotatable bonds is 4. The smallest absolute Gasteiger partial charge is 0.123 e. The number of benzene rings is 2. The molecule has 0 aliphatic heterocycles. The van der Waals surface area contributed by atoms with E-state index in [4.69, 9.17) is 0 Å². The van der Waals surface area contributed by atoms with Gasteiger partial charge in [-0.25, -0.2) is 4.39 Å². The first-order valence-electron chi connectivity index (χ1n) is 7.37. The summed E-state index contributed by atoms with van der Waals surface area (Å²) in [6.07, 6.45) is 3.08. The van der Waals surface area contributed by atoms with Crippen LogP contribution in [0.4, 0.5) is 4.39 Å². The quantitative estimate of drug-likeness (QED) is 0.858. The molecule has 0 saturated heterocycles. The molecule has 3 rings (SSSR count). The Kier molecular flexibility index (Phi) is 3.83. The van der Waals surface area contributed by atoms with Crippen molar-refractivity contribution in [2.45, 2.75) is 38.3 Å². The van der Waals surface area contributed by atoms with Crippen molar-refractivity contribution in [1.29, 1.82) is 0 Å². The fourth-order valence-corrected chi connectivity index (χ4v) is 3.14. The van der Waals surface area contributed by atoms with Crippen LogP contribution in [0, 0.1) is 5.82 Å². The number of nitrogens with one attached hydrogen (secondary N) is 1. The molecule has 0 bridgehead atoms. The summed E-state index contributed by atoms with van der Waals surface area (Å²) in [5.74, 6) is -0.125. The van der Waals surface area contributed by atoms with Crippen LogP contribution in [0.5, 0.6) is 0 Å². The first-order chi connectivity index (χ1) is 9.78. The van der Waals surface area contributed by atoms with Crippen molar-refractivity contribution in [2.24, 2.45) is 0 Å². The summed E-state index contributed by atoms with van der Waals surface area (Å²) in [6, 6.07) is 16.4. The Bertz CT molecular complexity index is 579. The summed E-state index contributed by atoms with van der Waals surface area (Å²) < 4.78 is 13.3. The van der Waals surface area contributed by atoms with Gasteiger partial charge < -0.3 is 5.32 Å². The van der Waals surface area contributed by atoms with Crippen LogP contribution in [-0.4, -0.2) is 0 Å². The molecule has 1 aliphatic rings. The second kappa shape index (κ2) is 5.76. The number of halogens is 1. The number of aryl methyl sites for hydroxylation is 1. The second-order valence-corrected chi connectivity index (χ2v) is 5.47. The van der Waals surface area contributed by atoms with Crippen molar-refractivity contribution in [1.82, 2.24) is 5.32 Å². The minimum absolute atomic E-state index is 0.125. The van der Waals surface area contributed by atoms with Gasteiger partial charge in [0.2, 0.25) is 0 Å². The van der Waals surface area contributed by atoms with Gasteiger partial charge in [0, 0.05) is 12.1 Å². The molecule has 2 unspecified atom stereocenters. The van der Waals surface area contributed by atoms with Crippen molar-refractivity contribution in [3.63, 3.8) is 0 Å². The average molecular weight is 269 g/mol. The van der Waals surface area contributed by atoms with E-state index in [2.05, 4.69) is 36.5 Å². The van der Waals surface area contributed by atoms with Gasteiger partial charge in [0.15, 0.2) is 0 Å². The number of hydrogen-bond donors (Lipinski definition) is 1. The highest BCUT2D eigenvalue weighted by Crippen LogP contribution is 2.34. The Morgan fingerprint density at radius 2 is 2.00 bits per heavy atom. The topological polar surface area (TPSA) is 12.0 Å². The molecule has 2 heteroatoms. The first-order valence-corrected chi connectivity index (χ1v) is 7.37. The lowest BCUT2D eigenvalue weighted by atomic mass is 10.0. The molecule has 0 amide bonds. The monoisotopic (exact) mass is 269 g/mol. The lowest BCUT2D eigenvalue weighted by Crippen LogP contribution is -2.24. The van der Waals surface area contributed by atoms with Crippen LogP contribution >= 0.6 is 0 Å². The van der Waals surface area contributed by atoms with Crippen molar-refractivity contribution in [3.05, 3.63) is 71.0 Å². The molecule has 1 N–H and O–H groups in total. The second-order valence-electron chi connectivity index (χ2n) is 5.47. The first kappa shape index (κ1) is 13.3. The Hall–Kier alpha value is -1.67. The van der Waals surface area contributed by atoms with Gasteiger partial charge in [0.05, 0.1) is 0 Å². The molecule has 104 valence electrons. The van der Waals surface area contributed by atoms with Gasteiger partial charge in [-0.15, -0.1) is 0 Å². The molecule has 20 heavy (non-hydrogen) atoms. The molecule has 0 spiro atoms. The van der Waals surface area contributed by atoms with Gasteiger partial charge in [-0.3, -0.25) is 0 Å². The molecular weight excluding hydrogens is 249 g/mol. The van der Waals surface area contributed by atoms with Crippen LogP contribution in [-0.2, 0) is 6.42 Å². The Labute approximate surface area is 119 Å². The van der Waals surface area contributed by atoms with Gasteiger partial charge in [-0.05, 0) is 48.1 Å². The van der Waals surface area contributed by atoms with Crippen LogP contribution in [0.3, 0.4) is 0 Å². The van der Waals surface area contributed by atoms with Gasteiger partial charge in [-0.2, -0.15) is 0 Å². The third kappa shape index (κ3) is 2.61. The third-order valence-corrected chi connectivity index (χ3v) is 4.20. The van der Waals surface area contributed by atoms with E-state index in [-0.39, 0.29) is 5.82 Å². The standard InChI is InChI=1S/C18H20FN/c1-2-17(13-6-4-3-5-7-13)20-18-11-8-14-12-15(19)9-10-16(14)18/h3-7,9-10,12,17-18,20H,2,8,11H2,1H3. The summed E-state index contributed by atoms with van der Waals surface area (Å²) in [7, 11) is 0. The van der Waals surface area contributed by atoms with Crippen LogP contribution in [0.15, 0.2) is 48.5 Å². The Morgan fingerprint density at radius 3 is 2.75 bits per heavy atom. The van der Waals surface area contributed by atoms with Gasteiger partial charge in [-0.1, -0.05) is 43.3 Å². The zero-order valence-corrected chi connectivity index (χ0v) is 11.8. The van der Waals surface area contributed by atoms with Gasteiger partial charge in [0.25, 0.3) is 0 Å². The third-order valence-electron chi connectivity index (χ3n) is 4.20. The highest BCUT2D eigenvalue weighted by molar-refractivity contribution is 5.35.